The number of nitrogens with zero attached hydrogens (tertiary/aromatic N) is 2. The van der Waals surface area contributed by atoms with Gasteiger partial charge in [-0.25, -0.2) is 0 Å². The molecule has 1 aliphatic heterocycles. The molecule has 2 N–H and O–H groups in total. The van der Waals surface area contributed by atoms with Gasteiger partial charge in [-0.15, -0.1) is 0 Å². The van der Waals surface area contributed by atoms with Crippen LogP contribution in [0.2, 0.25) is 0 Å². The Morgan fingerprint density at radius 2 is 2.19 bits per heavy atom. The molecule has 4 nitrogen and oxygen atoms in total. The number of methoxy groups -OCH3 is 1. The second-order valence-electron chi connectivity index (χ2n) is 6.19. The Labute approximate surface area is 125 Å². The Balaban J connectivity index is 1.82. The zero-order valence-electron chi connectivity index (χ0n) is 12.8. The Kier molecular flexibility index (Phi) is 3.83. The van der Waals surface area contributed by atoms with Crippen LogP contribution in [0.15, 0.2) is 30.3 Å². The second kappa shape index (κ2) is 5.62. The number of fused-ring (bicyclic) bond motifs is 1. The number of ether oxygens (including phenoxy) is 1. The highest BCUT2D eigenvalue weighted by molar-refractivity contribution is 5.90. The molecular weight excluding hydrogens is 262 g/mol. The van der Waals surface area contributed by atoms with Crippen LogP contribution in [0, 0.1) is 0 Å². The third kappa shape index (κ3) is 3.01. The van der Waals surface area contributed by atoms with E-state index in [2.05, 4.69) is 11.8 Å². The molecule has 112 valence electrons. The van der Waals surface area contributed by atoms with Crippen LogP contribution in [0.5, 0.6) is 0 Å². The lowest BCUT2D eigenvalue weighted by Crippen LogP contribution is -2.46. The third-order valence-electron chi connectivity index (χ3n) is 4.42. The van der Waals surface area contributed by atoms with Gasteiger partial charge in [0, 0.05) is 31.3 Å². The molecule has 0 aliphatic carbocycles. The van der Waals surface area contributed by atoms with E-state index in [4.69, 9.17) is 15.5 Å². The predicted octanol–water partition coefficient (Wildman–Crippen LogP) is 2.82. The number of rotatable bonds is 3. The first-order valence-electron chi connectivity index (χ1n) is 7.51. The van der Waals surface area contributed by atoms with Crippen molar-refractivity contribution in [1.82, 2.24) is 9.88 Å². The van der Waals surface area contributed by atoms with Crippen LogP contribution >= 0.6 is 0 Å². The number of nitrogens with two attached hydrogens (primary N) is 1. The molecule has 3 rings (SSSR count). The van der Waals surface area contributed by atoms with E-state index in [1.54, 1.807) is 7.11 Å². The minimum Gasteiger partial charge on any atom is -0.398 e. The lowest BCUT2D eigenvalue weighted by molar-refractivity contribution is -0.0529. The van der Waals surface area contributed by atoms with Gasteiger partial charge in [0.15, 0.2) is 0 Å². The third-order valence-corrected chi connectivity index (χ3v) is 4.42. The normalized spacial score (nSPS) is 23.5. The first-order chi connectivity index (χ1) is 10.1. The maximum Gasteiger partial charge on any atom is 0.0777 e. The molecular formula is C17H23N3O. The summed E-state index contributed by atoms with van der Waals surface area (Å²) in [6.45, 7) is 5.04. The van der Waals surface area contributed by atoms with Crippen molar-refractivity contribution in [1.29, 1.82) is 0 Å². The molecule has 21 heavy (non-hydrogen) atoms. The molecule has 2 heterocycles. The number of para-hydroxylation sites is 1. The van der Waals surface area contributed by atoms with Crippen LogP contribution in [0.4, 0.5) is 5.69 Å². The van der Waals surface area contributed by atoms with Crippen LogP contribution in [0.25, 0.3) is 10.9 Å². The summed E-state index contributed by atoms with van der Waals surface area (Å²) in [5.74, 6) is 0. The van der Waals surface area contributed by atoms with E-state index < -0.39 is 0 Å². The topological polar surface area (TPSA) is 51.4 Å². The lowest BCUT2D eigenvalue weighted by atomic mass is 9.94. The zero-order chi connectivity index (χ0) is 14.9. The molecule has 0 amide bonds. The number of hydrogen-bond donors (Lipinski definition) is 1. The number of piperidine rings is 1. The molecule has 1 saturated heterocycles. The maximum absolute atomic E-state index is 6.16. The number of aromatic nitrogens is 1. The Hall–Kier alpha value is -1.65. The van der Waals surface area contributed by atoms with Gasteiger partial charge < -0.3 is 10.5 Å². The molecule has 1 unspecified atom stereocenters. The van der Waals surface area contributed by atoms with Crippen LogP contribution in [-0.2, 0) is 11.3 Å². The summed E-state index contributed by atoms with van der Waals surface area (Å²) in [7, 11) is 1.80. The summed E-state index contributed by atoms with van der Waals surface area (Å²) >= 11 is 0. The van der Waals surface area contributed by atoms with Crippen molar-refractivity contribution in [2.45, 2.75) is 31.9 Å². The van der Waals surface area contributed by atoms with Gasteiger partial charge in [0.1, 0.15) is 0 Å². The van der Waals surface area contributed by atoms with E-state index in [9.17, 15) is 0 Å². The van der Waals surface area contributed by atoms with Crippen molar-refractivity contribution >= 4 is 16.6 Å². The smallest absolute Gasteiger partial charge is 0.0777 e. The highest BCUT2D eigenvalue weighted by atomic mass is 16.5. The van der Waals surface area contributed by atoms with E-state index in [0.29, 0.717) is 0 Å². The molecule has 1 aromatic heterocycles. The van der Waals surface area contributed by atoms with Gasteiger partial charge in [-0.1, -0.05) is 18.2 Å². The van der Waals surface area contributed by atoms with Gasteiger partial charge in [-0.3, -0.25) is 9.88 Å². The summed E-state index contributed by atoms with van der Waals surface area (Å²) in [5.41, 5.74) is 8.93. The van der Waals surface area contributed by atoms with Crippen molar-refractivity contribution in [3.05, 3.63) is 36.0 Å². The highest BCUT2D eigenvalue weighted by Gasteiger charge is 2.30. The SMILES string of the molecule is COC1(C)CCCN(Cc2cc(N)c3ccccc3n2)C1. The van der Waals surface area contributed by atoms with Gasteiger partial charge in [-0.2, -0.15) is 0 Å². The Bertz CT molecular complexity index is 643. The number of likely N-dealkylation sites (tertiary alicyclic amines) is 1. The summed E-state index contributed by atoms with van der Waals surface area (Å²) < 4.78 is 5.65. The van der Waals surface area contributed by atoms with E-state index >= 15 is 0 Å². The fourth-order valence-corrected chi connectivity index (χ4v) is 3.18. The molecule has 0 radical (unpaired) electrons. The van der Waals surface area contributed by atoms with Crippen molar-refractivity contribution in [2.75, 3.05) is 25.9 Å². The van der Waals surface area contributed by atoms with Crippen molar-refractivity contribution in [3.8, 4) is 0 Å². The van der Waals surface area contributed by atoms with E-state index in [0.717, 1.165) is 54.8 Å². The predicted molar refractivity (Wildman–Crippen MR) is 86.1 cm³/mol. The maximum atomic E-state index is 6.16. The quantitative estimate of drug-likeness (QED) is 0.942. The molecule has 0 spiro atoms. The minimum atomic E-state index is -0.0410. The largest absolute Gasteiger partial charge is 0.398 e. The van der Waals surface area contributed by atoms with Crippen molar-refractivity contribution in [2.24, 2.45) is 0 Å². The standard InChI is InChI=1S/C17H23N3O/c1-17(21-2)8-5-9-20(12-17)11-13-10-15(18)14-6-3-4-7-16(14)19-13/h3-4,6-7,10H,5,8-9,11-12H2,1-2H3,(H2,18,19). The number of benzene rings is 1. The summed E-state index contributed by atoms with van der Waals surface area (Å²) in [4.78, 5) is 7.15. The molecule has 1 aliphatic rings. The summed E-state index contributed by atoms with van der Waals surface area (Å²) in [6, 6.07) is 10.0. The van der Waals surface area contributed by atoms with Gasteiger partial charge in [0.2, 0.25) is 0 Å². The molecule has 1 atom stereocenters. The van der Waals surface area contributed by atoms with Crippen LogP contribution < -0.4 is 5.73 Å². The molecule has 0 bridgehead atoms. The van der Waals surface area contributed by atoms with Gasteiger partial charge in [-0.05, 0) is 38.4 Å². The molecule has 4 heteroatoms. The lowest BCUT2D eigenvalue weighted by Gasteiger charge is -2.39. The monoisotopic (exact) mass is 285 g/mol. The van der Waals surface area contributed by atoms with Crippen molar-refractivity contribution in [3.63, 3.8) is 0 Å². The fraction of sp³-hybridized carbons (Fsp3) is 0.471. The van der Waals surface area contributed by atoms with E-state index in [-0.39, 0.29) is 5.60 Å². The fourth-order valence-electron chi connectivity index (χ4n) is 3.18. The molecule has 2 aromatic rings. The zero-order valence-corrected chi connectivity index (χ0v) is 12.8. The van der Waals surface area contributed by atoms with Crippen LogP contribution in [-0.4, -0.2) is 35.7 Å². The average molecular weight is 285 g/mol. The Morgan fingerprint density at radius 3 is 3.00 bits per heavy atom. The van der Waals surface area contributed by atoms with Gasteiger partial charge in [0.25, 0.3) is 0 Å². The second-order valence-corrected chi connectivity index (χ2v) is 6.19. The summed E-state index contributed by atoms with van der Waals surface area (Å²) in [5, 5.41) is 1.03. The van der Waals surface area contributed by atoms with Gasteiger partial charge in [0.05, 0.1) is 16.8 Å². The first kappa shape index (κ1) is 14.3. The van der Waals surface area contributed by atoms with Gasteiger partial charge >= 0.3 is 0 Å². The minimum absolute atomic E-state index is 0.0410. The number of nitrogen functional groups attached to an aromatic ring is 1. The van der Waals surface area contributed by atoms with Crippen LogP contribution in [0.1, 0.15) is 25.5 Å². The van der Waals surface area contributed by atoms with E-state index in [1.807, 2.05) is 30.3 Å². The molecule has 1 fully saturated rings. The van der Waals surface area contributed by atoms with Crippen LogP contribution in [0.3, 0.4) is 0 Å². The average Bonchev–Trinajstić information content (AvgIpc) is 2.47. The molecule has 0 saturated carbocycles. The Morgan fingerprint density at radius 1 is 1.38 bits per heavy atom. The summed E-state index contributed by atoms with van der Waals surface area (Å²) in [6.07, 6.45) is 2.28. The number of hydrogen-bond acceptors (Lipinski definition) is 4. The molecule has 1 aromatic carbocycles. The number of anilines is 1. The number of pyridine rings is 1. The first-order valence-corrected chi connectivity index (χ1v) is 7.51. The van der Waals surface area contributed by atoms with Crippen molar-refractivity contribution < 1.29 is 4.74 Å². The highest BCUT2D eigenvalue weighted by Crippen LogP contribution is 2.26. The van der Waals surface area contributed by atoms with E-state index in [1.165, 1.54) is 0 Å².